The smallest absolute Gasteiger partial charge is 0.117 e. The van der Waals surface area contributed by atoms with Gasteiger partial charge in [0.2, 0.25) is 0 Å². The van der Waals surface area contributed by atoms with E-state index in [2.05, 4.69) is 36.4 Å². The van der Waals surface area contributed by atoms with Crippen molar-refractivity contribution in [3.05, 3.63) is 72.8 Å². The highest BCUT2D eigenvalue weighted by Gasteiger charge is 2.13. The van der Waals surface area contributed by atoms with E-state index >= 15 is 0 Å². The monoisotopic (exact) mass is 342 g/mol. The lowest BCUT2D eigenvalue weighted by Gasteiger charge is -2.07. The summed E-state index contributed by atoms with van der Waals surface area (Å²) in [4.78, 5) is 0. The molecule has 0 amide bonds. The van der Waals surface area contributed by atoms with Gasteiger partial charge in [-0.3, -0.25) is 0 Å². The fourth-order valence-corrected chi connectivity index (χ4v) is 4.64. The van der Waals surface area contributed by atoms with Crippen molar-refractivity contribution in [2.75, 3.05) is 0 Å². The molecular formula is C22H14O2S. The molecule has 1 heterocycles. The van der Waals surface area contributed by atoms with Crippen LogP contribution < -0.4 is 0 Å². The van der Waals surface area contributed by atoms with E-state index in [-0.39, 0.29) is 11.5 Å². The van der Waals surface area contributed by atoms with E-state index in [1.165, 1.54) is 20.9 Å². The molecule has 5 aromatic rings. The van der Waals surface area contributed by atoms with Crippen molar-refractivity contribution in [2.45, 2.75) is 0 Å². The minimum atomic E-state index is 0.237. The Balaban J connectivity index is 1.93. The van der Waals surface area contributed by atoms with E-state index in [0.717, 1.165) is 21.2 Å². The Morgan fingerprint density at radius 2 is 1.36 bits per heavy atom. The van der Waals surface area contributed by atoms with Gasteiger partial charge in [0.1, 0.15) is 11.5 Å². The number of rotatable bonds is 1. The van der Waals surface area contributed by atoms with Gasteiger partial charge in [-0.05, 0) is 58.3 Å². The molecule has 2 nitrogen and oxygen atoms in total. The van der Waals surface area contributed by atoms with Crippen molar-refractivity contribution in [2.24, 2.45) is 0 Å². The van der Waals surface area contributed by atoms with Crippen molar-refractivity contribution < 1.29 is 10.2 Å². The minimum Gasteiger partial charge on any atom is -0.508 e. The van der Waals surface area contributed by atoms with Crippen LogP contribution in [0.1, 0.15) is 0 Å². The number of benzene rings is 4. The number of hydrogen-bond acceptors (Lipinski definition) is 3. The van der Waals surface area contributed by atoms with Crippen LogP contribution in [0.2, 0.25) is 0 Å². The molecule has 0 fully saturated rings. The second-order valence-corrected chi connectivity index (χ2v) is 7.29. The molecule has 120 valence electrons. The van der Waals surface area contributed by atoms with Crippen LogP contribution in [-0.2, 0) is 0 Å². The van der Waals surface area contributed by atoms with Gasteiger partial charge >= 0.3 is 0 Å². The molecule has 4 aromatic carbocycles. The SMILES string of the molecule is Oc1ccc(-c2cc(O)cc3sc4cc5ccccc5cc4c23)cc1. The number of thiophene rings is 1. The van der Waals surface area contributed by atoms with Crippen LogP contribution in [0.3, 0.4) is 0 Å². The maximum absolute atomic E-state index is 10.2. The largest absolute Gasteiger partial charge is 0.508 e. The predicted octanol–water partition coefficient (Wildman–Crippen LogP) is 6.29. The van der Waals surface area contributed by atoms with Crippen LogP contribution in [-0.4, -0.2) is 10.2 Å². The first-order chi connectivity index (χ1) is 12.2. The standard InChI is InChI=1S/C22H14O2S/c23-16-7-5-13(6-8-16)18-11-17(24)12-21-22(18)19-9-14-3-1-2-4-15(14)10-20(19)25-21/h1-12,23-24H. The molecule has 0 bridgehead atoms. The molecule has 0 atom stereocenters. The van der Waals surface area contributed by atoms with Crippen LogP contribution >= 0.6 is 11.3 Å². The van der Waals surface area contributed by atoms with Crippen LogP contribution in [0.4, 0.5) is 0 Å². The summed E-state index contributed by atoms with van der Waals surface area (Å²) >= 11 is 1.69. The summed E-state index contributed by atoms with van der Waals surface area (Å²) in [5.41, 5.74) is 1.96. The van der Waals surface area contributed by atoms with Crippen LogP contribution in [0.15, 0.2) is 72.8 Å². The van der Waals surface area contributed by atoms with Crippen LogP contribution in [0.25, 0.3) is 42.1 Å². The zero-order valence-corrected chi connectivity index (χ0v) is 14.0. The predicted molar refractivity (Wildman–Crippen MR) is 106 cm³/mol. The highest BCUT2D eigenvalue weighted by Crippen LogP contribution is 2.43. The van der Waals surface area contributed by atoms with Gasteiger partial charge in [0.05, 0.1) is 0 Å². The van der Waals surface area contributed by atoms with Gasteiger partial charge in [-0.1, -0.05) is 36.4 Å². The quantitative estimate of drug-likeness (QED) is 0.376. The molecule has 0 aliphatic carbocycles. The second-order valence-electron chi connectivity index (χ2n) is 6.21. The van der Waals surface area contributed by atoms with E-state index in [1.807, 2.05) is 18.2 Å². The van der Waals surface area contributed by atoms with Gasteiger partial charge in [0.15, 0.2) is 0 Å². The molecule has 0 aliphatic rings. The number of phenolic OH excluding ortho intramolecular Hbond substituents is 2. The molecule has 0 spiro atoms. The van der Waals surface area contributed by atoms with E-state index in [4.69, 9.17) is 0 Å². The average Bonchev–Trinajstić information content (AvgIpc) is 2.96. The fraction of sp³-hybridized carbons (Fsp3) is 0. The van der Waals surface area contributed by atoms with Gasteiger partial charge in [0.25, 0.3) is 0 Å². The first kappa shape index (κ1) is 14.3. The van der Waals surface area contributed by atoms with Gasteiger partial charge < -0.3 is 10.2 Å². The molecule has 0 saturated carbocycles. The van der Waals surface area contributed by atoms with Crippen LogP contribution in [0, 0.1) is 0 Å². The highest BCUT2D eigenvalue weighted by molar-refractivity contribution is 7.26. The number of phenols is 2. The van der Waals surface area contributed by atoms with Crippen molar-refractivity contribution in [1.29, 1.82) is 0 Å². The third kappa shape index (κ3) is 2.24. The van der Waals surface area contributed by atoms with Crippen LogP contribution in [0.5, 0.6) is 11.5 Å². The minimum absolute atomic E-state index is 0.237. The lowest BCUT2D eigenvalue weighted by atomic mass is 9.98. The average molecular weight is 342 g/mol. The Kier molecular flexibility index (Phi) is 2.99. The summed E-state index contributed by atoms with van der Waals surface area (Å²) < 4.78 is 2.27. The molecule has 0 saturated heterocycles. The van der Waals surface area contributed by atoms with Crippen molar-refractivity contribution in [3.63, 3.8) is 0 Å². The lowest BCUT2D eigenvalue weighted by Crippen LogP contribution is -1.80. The summed E-state index contributed by atoms with van der Waals surface area (Å²) in [6, 6.07) is 23.5. The van der Waals surface area contributed by atoms with E-state index in [1.54, 1.807) is 29.5 Å². The van der Waals surface area contributed by atoms with E-state index < -0.39 is 0 Å². The molecule has 3 heteroatoms. The summed E-state index contributed by atoms with van der Waals surface area (Å²) in [5, 5.41) is 24.5. The van der Waals surface area contributed by atoms with Gasteiger partial charge in [-0.15, -0.1) is 11.3 Å². The number of hydrogen-bond donors (Lipinski definition) is 2. The van der Waals surface area contributed by atoms with Crippen molar-refractivity contribution >= 4 is 42.3 Å². The Bertz CT molecular complexity index is 1250. The van der Waals surface area contributed by atoms with Gasteiger partial charge in [0, 0.05) is 20.2 Å². The van der Waals surface area contributed by atoms with E-state index in [0.29, 0.717) is 0 Å². The highest BCUT2D eigenvalue weighted by atomic mass is 32.1. The molecule has 5 rings (SSSR count). The summed E-state index contributed by atoms with van der Waals surface area (Å²) in [6.07, 6.45) is 0. The first-order valence-electron chi connectivity index (χ1n) is 8.06. The third-order valence-electron chi connectivity index (χ3n) is 4.60. The Morgan fingerprint density at radius 3 is 2.12 bits per heavy atom. The Morgan fingerprint density at radius 1 is 0.640 bits per heavy atom. The third-order valence-corrected chi connectivity index (χ3v) is 5.70. The normalized spacial score (nSPS) is 11.5. The Hall–Kier alpha value is -3.04. The molecule has 0 radical (unpaired) electrons. The van der Waals surface area contributed by atoms with E-state index in [9.17, 15) is 10.2 Å². The van der Waals surface area contributed by atoms with Gasteiger partial charge in [-0.2, -0.15) is 0 Å². The van der Waals surface area contributed by atoms with Crippen molar-refractivity contribution in [3.8, 4) is 22.6 Å². The fourth-order valence-electron chi connectivity index (χ4n) is 3.45. The van der Waals surface area contributed by atoms with Crippen molar-refractivity contribution in [1.82, 2.24) is 0 Å². The summed E-state index contributed by atoms with van der Waals surface area (Å²) in [6.45, 7) is 0. The maximum atomic E-state index is 10.2. The second kappa shape index (κ2) is 5.23. The topological polar surface area (TPSA) is 40.5 Å². The first-order valence-corrected chi connectivity index (χ1v) is 8.88. The summed E-state index contributed by atoms with van der Waals surface area (Å²) in [7, 11) is 0. The molecule has 1 aromatic heterocycles. The molecule has 25 heavy (non-hydrogen) atoms. The summed E-state index contributed by atoms with van der Waals surface area (Å²) in [5.74, 6) is 0.494. The van der Waals surface area contributed by atoms with Gasteiger partial charge in [-0.25, -0.2) is 0 Å². The number of fused-ring (bicyclic) bond motifs is 4. The maximum Gasteiger partial charge on any atom is 0.117 e. The zero-order valence-electron chi connectivity index (χ0n) is 13.2. The molecular weight excluding hydrogens is 328 g/mol. The lowest BCUT2D eigenvalue weighted by molar-refractivity contribution is 0.475. The molecule has 2 N–H and O–H groups in total. The Labute approximate surface area is 148 Å². The zero-order chi connectivity index (χ0) is 17.0. The molecule has 0 aliphatic heterocycles. The number of aromatic hydroxyl groups is 2. The molecule has 0 unspecified atom stereocenters.